The van der Waals surface area contributed by atoms with Crippen LogP contribution in [-0.4, -0.2) is 32.7 Å². The lowest BCUT2D eigenvalue weighted by Gasteiger charge is -2.30. The van der Waals surface area contributed by atoms with E-state index in [0.717, 1.165) is 0 Å². The van der Waals surface area contributed by atoms with Gasteiger partial charge in [-0.15, -0.1) is 0 Å². The molecule has 0 spiro atoms. The Morgan fingerprint density at radius 1 is 1.16 bits per heavy atom. The molecule has 0 aliphatic heterocycles. The average molecular weight is 486 g/mol. The molecule has 0 atom stereocenters. The van der Waals surface area contributed by atoms with Crippen molar-refractivity contribution >= 4 is 51.9 Å². The maximum absolute atomic E-state index is 12.8. The zero-order chi connectivity index (χ0) is 23.0. The molecule has 1 amide bonds. The van der Waals surface area contributed by atoms with Crippen LogP contribution in [0.5, 0.6) is 0 Å². The van der Waals surface area contributed by atoms with E-state index >= 15 is 0 Å². The Balaban J connectivity index is 1.49. The van der Waals surface area contributed by atoms with Crippen LogP contribution in [-0.2, 0) is 7.05 Å². The number of benzene rings is 1. The summed E-state index contributed by atoms with van der Waals surface area (Å²) in [6.45, 7) is 0. The van der Waals surface area contributed by atoms with Gasteiger partial charge >= 0.3 is 6.18 Å². The number of hydrogen-bond acceptors (Lipinski definition) is 4. The topological polar surface area (TPSA) is 71.8 Å². The minimum absolute atomic E-state index is 0.0195. The number of hydrogen-bond donors (Lipinski definition) is 2. The largest absolute Gasteiger partial charge is 0.391 e. The van der Waals surface area contributed by atoms with E-state index in [-0.39, 0.29) is 30.4 Å². The Labute approximate surface area is 192 Å². The number of anilines is 2. The molecule has 6 nitrogen and oxygen atoms in total. The standard InChI is InChI=1S/C21H20Cl2F3N5O/c1-31-18-16(29-20(31)30-17-14(22)3-2-4-15(17)23)9-11(10-27-18)19(32)28-13-7-5-12(6-8-13)21(24,25)26/h2-4,9-10,12-13H,5-8H2,1H3,(H,28,32)(H,29,30). The first-order chi connectivity index (χ1) is 15.1. The van der Waals surface area contributed by atoms with E-state index in [0.29, 0.717) is 45.7 Å². The second kappa shape index (κ2) is 8.78. The summed E-state index contributed by atoms with van der Waals surface area (Å²) in [6.07, 6.45) is -2.13. The SMILES string of the molecule is Cn1c(Nc2c(Cl)cccc2Cl)nc2cc(C(=O)NC3CCC(C(F)(F)F)CC3)cnc21. The number of rotatable bonds is 4. The van der Waals surface area contributed by atoms with Crippen LogP contribution < -0.4 is 10.6 Å². The van der Waals surface area contributed by atoms with Crippen molar-refractivity contribution in [2.45, 2.75) is 37.9 Å². The first-order valence-corrected chi connectivity index (χ1v) is 10.8. The van der Waals surface area contributed by atoms with Gasteiger partial charge in [-0.2, -0.15) is 13.2 Å². The molecular formula is C21H20Cl2F3N5O. The van der Waals surface area contributed by atoms with Crippen LogP contribution >= 0.6 is 23.2 Å². The van der Waals surface area contributed by atoms with E-state index in [1.807, 2.05) is 0 Å². The Bertz CT molecular complexity index is 1140. The number of carbonyl (C=O) groups is 1. The quantitative estimate of drug-likeness (QED) is 0.484. The van der Waals surface area contributed by atoms with E-state index in [4.69, 9.17) is 23.2 Å². The van der Waals surface area contributed by atoms with Gasteiger partial charge in [0.2, 0.25) is 5.95 Å². The number of amides is 1. The van der Waals surface area contributed by atoms with Crippen molar-refractivity contribution in [3.63, 3.8) is 0 Å². The van der Waals surface area contributed by atoms with Crippen molar-refractivity contribution in [3.8, 4) is 0 Å². The van der Waals surface area contributed by atoms with E-state index in [1.165, 1.54) is 6.20 Å². The predicted octanol–water partition coefficient (Wildman–Crippen LogP) is 5.87. The third kappa shape index (κ3) is 4.63. The van der Waals surface area contributed by atoms with Gasteiger partial charge in [-0.05, 0) is 43.9 Å². The summed E-state index contributed by atoms with van der Waals surface area (Å²) in [4.78, 5) is 21.5. The second-order valence-corrected chi connectivity index (χ2v) is 8.66. The third-order valence-electron chi connectivity index (χ3n) is 5.70. The van der Waals surface area contributed by atoms with Gasteiger partial charge in [0, 0.05) is 19.3 Å². The van der Waals surface area contributed by atoms with E-state index in [9.17, 15) is 18.0 Å². The molecule has 0 unspecified atom stereocenters. The summed E-state index contributed by atoms with van der Waals surface area (Å²) >= 11 is 12.4. The molecule has 2 aromatic heterocycles. The second-order valence-electron chi connectivity index (χ2n) is 7.85. The molecule has 0 saturated heterocycles. The highest BCUT2D eigenvalue weighted by atomic mass is 35.5. The Hall–Kier alpha value is -2.52. The number of imidazole rings is 1. The van der Waals surface area contributed by atoms with Crippen LogP contribution in [0.4, 0.5) is 24.8 Å². The highest BCUT2D eigenvalue weighted by Gasteiger charge is 2.41. The van der Waals surface area contributed by atoms with E-state index < -0.39 is 12.1 Å². The zero-order valence-corrected chi connectivity index (χ0v) is 18.5. The minimum Gasteiger partial charge on any atom is -0.349 e. The normalized spacial score (nSPS) is 19.2. The lowest BCUT2D eigenvalue weighted by Crippen LogP contribution is -2.40. The van der Waals surface area contributed by atoms with Gasteiger partial charge < -0.3 is 10.6 Å². The molecule has 1 fully saturated rings. The van der Waals surface area contributed by atoms with Crippen LogP contribution in [0.1, 0.15) is 36.0 Å². The van der Waals surface area contributed by atoms with Gasteiger partial charge in [-0.25, -0.2) is 9.97 Å². The number of nitrogens with zero attached hydrogens (tertiary/aromatic N) is 3. The van der Waals surface area contributed by atoms with Gasteiger partial charge in [0.15, 0.2) is 5.65 Å². The van der Waals surface area contributed by atoms with Crippen LogP contribution in [0.15, 0.2) is 30.5 Å². The smallest absolute Gasteiger partial charge is 0.349 e. The highest BCUT2D eigenvalue weighted by molar-refractivity contribution is 6.39. The van der Waals surface area contributed by atoms with Crippen molar-refractivity contribution in [1.29, 1.82) is 0 Å². The number of para-hydroxylation sites is 1. The lowest BCUT2D eigenvalue weighted by atomic mass is 9.85. The maximum Gasteiger partial charge on any atom is 0.391 e. The summed E-state index contributed by atoms with van der Waals surface area (Å²) in [7, 11) is 1.76. The lowest BCUT2D eigenvalue weighted by molar-refractivity contribution is -0.182. The van der Waals surface area contributed by atoms with Gasteiger partial charge in [-0.1, -0.05) is 29.3 Å². The first kappa shape index (κ1) is 22.7. The molecule has 1 saturated carbocycles. The number of nitrogens with one attached hydrogen (secondary N) is 2. The summed E-state index contributed by atoms with van der Waals surface area (Å²) < 4.78 is 40.2. The number of carbonyl (C=O) groups excluding carboxylic acids is 1. The molecule has 3 aromatic rings. The number of alkyl halides is 3. The molecule has 11 heteroatoms. The summed E-state index contributed by atoms with van der Waals surface area (Å²) in [5.74, 6) is -1.24. The maximum atomic E-state index is 12.8. The molecule has 1 aliphatic carbocycles. The number of fused-ring (bicyclic) bond motifs is 1. The Morgan fingerprint density at radius 3 is 2.44 bits per heavy atom. The van der Waals surface area contributed by atoms with Gasteiger partial charge in [-0.3, -0.25) is 9.36 Å². The van der Waals surface area contributed by atoms with E-state index in [1.54, 1.807) is 35.9 Å². The average Bonchev–Trinajstić information content (AvgIpc) is 3.05. The molecule has 0 bridgehead atoms. The third-order valence-corrected chi connectivity index (χ3v) is 6.33. The van der Waals surface area contributed by atoms with Crippen molar-refractivity contribution in [2.75, 3.05) is 5.32 Å². The zero-order valence-electron chi connectivity index (χ0n) is 17.0. The van der Waals surface area contributed by atoms with Crippen molar-refractivity contribution in [1.82, 2.24) is 19.9 Å². The summed E-state index contributed by atoms with van der Waals surface area (Å²) in [5, 5.41) is 6.76. The fraction of sp³-hybridized carbons (Fsp3) is 0.381. The van der Waals surface area contributed by atoms with E-state index in [2.05, 4.69) is 20.6 Å². The molecule has 170 valence electrons. The molecule has 0 radical (unpaired) electrons. The van der Waals surface area contributed by atoms with Crippen LogP contribution in [0.25, 0.3) is 11.2 Å². The predicted molar refractivity (Wildman–Crippen MR) is 118 cm³/mol. The fourth-order valence-electron chi connectivity index (χ4n) is 3.87. The van der Waals surface area contributed by atoms with Gasteiger partial charge in [0.05, 0.1) is 27.2 Å². The summed E-state index contributed by atoms with van der Waals surface area (Å²) in [6, 6.07) is 6.42. The monoisotopic (exact) mass is 485 g/mol. The van der Waals surface area contributed by atoms with Gasteiger partial charge in [0.1, 0.15) is 5.52 Å². The fourth-order valence-corrected chi connectivity index (χ4v) is 4.37. The number of aromatic nitrogens is 3. The first-order valence-electron chi connectivity index (χ1n) is 10.0. The molecule has 1 aromatic carbocycles. The van der Waals surface area contributed by atoms with Gasteiger partial charge in [0.25, 0.3) is 5.91 Å². The molecule has 4 rings (SSSR count). The number of aryl methyl sites for hydroxylation is 1. The van der Waals surface area contributed by atoms with Crippen LogP contribution in [0, 0.1) is 5.92 Å². The highest BCUT2D eigenvalue weighted by Crippen LogP contribution is 2.37. The molecular weight excluding hydrogens is 466 g/mol. The molecule has 32 heavy (non-hydrogen) atoms. The Morgan fingerprint density at radius 2 is 1.81 bits per heavy atom. The summed E-state index contributed by atoms with van der Waals surface area (Å²) in [5.41, 5.74) is 1.81. The molecule has 2 heterocycles. The van der Waals surface area contributed by atoms with Crippen molar-refractivity contribution < 1.29 is 18.0 Å². The van der Waals surface area contributed by atoms with Crippen molar-refractivity contribution in [3.05, 3.63) is 46.1 Å². The van der Waals surface area contributed by atoms with Crippen molar-refractivity contribution in [2.24, 2.45) is 13.0 Å². The van der Waals surface area contributed by atoms with Crippen LogP contribution in [0.3, 0.4) is 0 Å². The Kier molecular flexibility index (Phi) is 6.22. The minimum atomic E-state index is -4.18. The number of halogens is 5. The molecule has 1 aliphatic rings. The number of pyridine rings is 1. The van der Waals surface area contributed by atoms with Crippen LogP contribution in [0.2, 0.25) is 10.0 Å². The molecule has 2 N–H and O–H groups in total.